The predicted molar refractivity (Wildman–Crippen MR) is 99.5 cm³/mol. The molecule has 0 aliphatic carbocycles. The number of hydrogen-bond donors (Lipinski definition) is 0. The van der Waals surface area contributed by atoms with Crippen LogP contribution >= 0.6 is 24.0 Å². The zero-order chi connectivity index (χ0) is 16.8. The molecule has 0 spiro atoms. The van der Waals surface area contributed by atoms with E-state index in [0.29, 0.717) is 21.3 Å². The summed E-state index contributed by atoms with van der Waals surface area (Å²) in [6.45, 7) is 7.58. The second-order valence-corrected chi connectivity index (χ2v) is 6.82. The van der Waals surface area contributed by atoms with Gasteiger partial charge in [-0.15, -0.1) is 0 Å². The number of carbonyl (C=O) groups excluding carboxylic acids is 2. The molecule has 1 saturated heterocycles. The number of benzene rings is 1. The molecule has 122 valence electrons. The van der Waals surface area contributed by atoms with Crippen LogP contribution in [0, 0.1) is 0 Å². The largest absolute Gasteiger partial charge is 0.302 e. The number of likely N-dealkylation sites (N-methyl/N-ethyl adjacent to an activating group) is 1. The van der Waals surface area contributed by atoms with Crippen LogP contribution in [0.3, 0.4) is 0 Å². The molecule has 0 N–H and O–H groups in total. The van der Waals surface area contributed by atoms with Crippen LogP contribution in [0.4, 0.5) is 0 Å². The maximum absolute atomic E-state index is 12.5. The zero-order valence-electron chi connectivity index (χ0n) is 13.3. The van der Waals surface area contributed by atoms with Gasteiger partial charge in [0, 0.05) is 18.7 Å². The van der Waals surface area contributed by atoms with Crippen molar-refractivity contribution in [3.63, 3.8) is 0 Å². The average Bonchev–Trinajstić information content (AvgIpc) is 2.83. The number of rotatable bonds is 7. The Bertz CT molecular complexity index is 622. The first-order valence-electron chi connectivity index (χ1n) is 7.62. The first-order valence-corrected chi connectivity index (χ1v) is 8.84. The quantitative estimate of drug-likeness (QED) is 0.430. The van der Waals surface area contributed by atoms with Crippen LogP contribution in [-0.4, -0.2) is 52.5 Å². The van der Waals surface area contributed by atoms with E-state index in [1.165, 1.54) is 11.8 Å². The summed E-state index contributed by atoms with van der Waals surface area (Å²) in [5, 5.41) is 0. The molecule has 6 heteroatoms. The Labute approximate surface area is 146 Å². The van der Waals surface area contributed by atoms with Crippen molar-refractivity contribution in [1.29, 1.82) is 0 Å². The van der Waals surface area contributed by atoms with Crippen molar-refractivity contribution in [2.45, 2.75) is 13.8 Å². The summed E-state index contributed by atoms with van der Waals surface area (Å²) in [6, 6.07) is 7.12. The Morgan fingerprint density at radius 3 is 2.35 bits per heavy atom. The fourth-order valence-electron chi connectivity index (χ4n) is 2.30. The van der Waals surface area contributed by atoms with E-state index in [1.54, 1.807) is 17.0 Å². The van der Waals surface area contributed by atoms with E-state index in [9.17, 15) is 9.59 Å². The topological polar surface area (TPSA) is 40.6 Å². The van der Waals surface area contributed by atoms with E-state index in [1.807, 2.05) is 18.2 Å². The lowest BCUT2D eigenvalue weighted by Gasteiger charge is -2.21. The lowest BCUT2D eigenvalue weighted by atomic mass is 10.1. The van der Waals surface area contributed by atoms with Gasteiger partial charge in [0.2, 0.25) is 0 Å². The van der Waals surface area contributed by atoms with Crippen molar-refractivity contribution in [3.8, 4) is 0 Å². The van der Waals surface area contributed by atoms with Gasteiger partial charge in [-0.25, -0.2) is 0 Å². The van der Waals surface area contributed by atoms with Gasteiger partial charge in [0.15, 0.2) is 0 Å². The van der Waals surface area contributed by atoms with Crippen LogP contribution in [0.25, 0.3) is 6.08 Å². The monoisotopic (exact) mass is 348 g/mol. The van der Waals surface area contributed by atoms with Crippen molar-refractivity contribution in [3.05, 3.63) is 40.3 Å². The van der Waals surface area contributed by atoms with Crippen LogP contribution in [-0.2, 0) is 4.79 Å². The fraction of sp³-hybridized carbons (Fsp3) is 0.353. The summed E-state index contributed by atoms with van der Waals surface area (Å²) in [6.07, 6.45) is 2.63. The molecule has 1 fully saturated rings. The van der Waals surface area contributed by atoms with Crippen molar-refractivity contribution in [1.82, 2.24) is 9.80 Å². The number of thioether (sulfide) groups is 1. The highest BCUT2D eigenvalue weighted by molar-refractivity contribution is 8.26. The summed E-state index contributed by atoms with van der Waals surface area (Å²) < 4.78 is 0.609. The summed E-state index contributed by atoms with van der Waals surface area (Å²) in [4.78, 5) is 27.8. The van der Waals surface area contributed by atoms with Crippen molar-refractivity contribution < 1.29 is 9.59 Å². The molecular formula is C17H20N2O2S2. The Balaban J connectivity index is 2.07. The molecular weight excluding hydrogens is 328 g/mol. The number of nitrogens with zero attached hydrogens (tertiary/aromatic N) is 2. The molecule has 1 aliphatic heterocycles. The molecule has 0 atom stereocenters. The molecule has 1 aromatic rings. The average molecular weight is 348 g/mol. The van der Waals surface area contributed by atoms with Crippen molar-refractivity contribution in [2.24, 2.45) is 0 Å². The van der Waals surface area contributed by atoms with Gasteiger partial charge in [0.25, 0.3) is 5.91 Å². The molecule has 0 bridgehead atoms. The second kappa shape index (κ2) is 8.38. The van der Waals surface area contributed by atoms with E-state index < -0.39 is 0 Å². The highest BCUT2D eigenvalue weighted by Gasteiger charge is 2.31. The lowest BCUT2D eigenvalue weighted by Crippen LogP contribution is -2.37. The molecule has 1 aromatic carbocycles. The standard InChI is InChI=1S/C17H20N2O2S2/c1-3-18(4-2)9-10-19-16(21)15(23-17(19)22)11-13-5-7-14(12-20)8-6-13/h5-8,11-12H,3-4,9-10H2,1-2H3/b15-11-. The molecule has 1 aliphatic rings. The number of aldehydes is 1. The van der Waals surface area contributed by atoms with E-state index in [2.05, 4.69) is 18.7 Å². The summed E-state index contributed by atoms with van der Waals surface area (Å²) in [5.74, 6) is -0.0355. The second-order valence-electron chi connectivity index (χ2n) is 5.14. The molecule has 1 amide bonds. The number of carbonyl (C=O) groups is 2. The van der Waals surface area contributed by atoms with Crippen LogP contribution in [0.2, 0.25) is 0 Å². The molecule has 0 saturated carbocycles. The van der Waals surface area contributed by atoms with Crippen molar-refractivity contribution in [2.75, 3.05) is 26.2 Å². The molecule has 4 nitrogen and oxygen atoms in total. The number of amides is 1. The summed E-state index contributed by atoms with van der Waals surface area (Å²) in [5.41, 5.74) is 1.51. The smallest absolute Gasteiger partial charge is 0.266 e. The fourth-order valence-corrected chi connectivity index (χ4v) is 3.60. The normalized spacial score (nSPS) is 16.7. The van der Waals surface area contributed by atoms with Crippen LogP contribution in [0.15, 0.2) is 29.2 Å². The molecule has 1 heterocycles. The Morgan fingerprint density at radius 2 is 1.78 bits per heavy atom. The first kappa shape index (κ1) is 17.8. The Kier molecular flexibility index (Phi) is 6.50. The minimum atomic E-state index is -0.0355. The number of thiocarbonyl (C=S) groups is 1. The van der Waals surface area contributed by atoms with Crippen LogP contribution in [0.5, 0.6) is 0 Å². The van der Waals surface area contributed by atoms with Crippen LogP contribution < -0.4 is 0 Å². The van der Waals surface area contributed by atoms with Gasteiger partial charge in [-0.1, -0.05) is 62.1 Å². The third-order valence-electron chi connectivity index (χ3n) is 3.78. The predicted octanol–water partition coefficient (Wildman–Crippen LogP) is 3.04. The molecule has 0 radical (unpaired) electrons. The van der Waals surface area contributed by atoms with E-state index in [4.69, 9.17) is 12.2 Å². The Hall–Kier alpha value is -1.50. The zero-order valence-corrected chi connectivity index (χ0v) is 15.0. The van der Waals surface area contributed by atoms with Gasteiger partial charge < -0.3 is 4.90 Å². The maximum atomic E-state index is 12.5. The van der Waals surface area contributed by atoms with Gasteiger partial charge in [0.05, 0.1) is 4.91 Å². The minimum absolute atomic E-state index is 0.0355. The van der Waals surface area contributed by atoms with E-state index in [0.717, 1.165) is 31.5 Å². The minimum Gasteiger partial charge on any atom is -0.302 e. The van der Waals surface area contributed by atoms with Crippen molar-refractivity contribution >= 4 is 46.6 Å². The van der Waals surface area contributed by atoms with Gasteiger partial charge in [-0.2, -0.15) is 0 Å². The van der Waals surface area contributed by atoms with Crippen LogP contribution in [0.1, 0.15) is 29.8 Å². The first-order chi connectivity index (χ1) is 11.1. The Morgan fingerprint density at radius 1 is 1.17 bits per heavy atom. The van der Waals surface area contributed by atoms with Gasteiger partial charge >= 0.3 is 0 Å². The molecule has 0 unspecified atom stereocenters. The number of hydrogen-bond acceptors (Lipinski definition) is 5. The highest BCUT2D eigenvalue weighted by atomic mass is 32.2. The van der Waals surface area contributed by atoms with Gasteiger partial charge in [-0.3, -0.25) is 14.5 Å². The molecule has 0 aromatic heterocycles. The molecule has 2 rings (SSSR count). The molecule has 23 heavy (non-hydrogen) atoms. The van der Waals surface area contributed by atoms with Gasteiger partial charge in [-0.05, 0) is 24.7 Å². The van der Waals surface area contributed by atoms with E-state index >= 15 is 0 Å². The third-order valence-corrected chi connectivity index (χ3v) is 5.16. The van der Waals surface area contributed by atoms with E-state index in [-0.39, 0.29) is 5.91 Å². The summed E-state index contributed by atoms with van der Waals surface area (Å²) in [7, 11) is 0. The highest BCUT2D eigenvalue weighted by Crippen LogP contribution is 2.32. The summed E-state index contributed by atoms with van der Waals surface area (Å²) >= 11 is 6.67. The lowest BCUT2D eigenvalue weighted by molar-refractivity contribution is -0.122. The third kappa shape index (κ3) is 4.50. The maximum Gasteiger partial charge on any atom is 0.266 e. The SMILES string of the molecule is CCN(CC)CCN1C(=O)/C(=C/c2ccc(C=O)cc2)SC1=S. The van der Waals surface area contributed by atoms with Gasteiger partial charge in [0.1, 0.15) is 10.6 Å².